The first kappa shape index (κ1) is 11.7. The summed E-state index contributed by atoms with van der Waals surface area (Å²) in [5.41, 5.74) is 1.34. The number of benzene rings is 2. The molecule has 2 atom stereocenters. The standard InChI is InChI=1S/C15H13NO3/c17-13-14(10-6-2-1-3-7-10)19-12-9-5-4-8-11(12)16-15(13)18/h1-9,13-14,17H,(H,16,18)/t13-,14-/m1/s1. The molecule has 0 aliphatic carbocycles. The van der Waals surface area contributed by atoms with E-state index in [4.69, 9.17) is 4.74 Å². The van der Waals surface area contributed by atoms with Crippen molar-refractivity contribution in [1.82, 2.24) is 0 Å². The van der Waals surface area contributed by atoms with Crippen LogP contribution in [0.4, 0.5) is 5.69 Å². The molecule has 4 nitrogen and oxygen atoms in total. The molecule has 19 heavy (non-hydrogen) atoms. The van der Waals surface area contributed by atoms with Crippen molar-refractivity contribution >= 4 is 11.6 Å². The molecule has 2 N–H and O–H groups in total. The summed E-state index contributed by atoms with van der Waals surface area (Å²) in [7, 11) is 0. The van der Waals surface area contributed by atoms with Crippen LogP contribution in [0.25, 0.3) is 0 Å². The molecule has 2 aromatic rings. The lowest BCUT2D eigenvalue weighted by Crippen LogP contribution is -2.33. The third-order valence-corrected chi connectivity index (χ3v) is 3.08. The van der Waals surface area contributed by atoms with E-state index in [2.05, 4.69) is 5.32 Å². The quantitative estimate of drug-likeness (QED) is 0.820. The number of carbonyl (C=O) groups excluding carboxylic acids is 1. The molecular formula is C15H13NO3. The third-order valence-electron chi connectivity index (χ3n) is 3.08. The van der Waals surface area contributed by atoms with E-state index in [-0.39, 0.29) is 0 Å². The van der Waals surface area contributed by atoms with Crippen molar-refractivity contribution in [1.29, 1.82) is 0 Å². The Balaban J connectivity index is 2.03. The second-order valence-corrected chi connectivity index (χ2v) is 4.38. The van der Waals surface area contributed by atoms with Crippen LogP contribution in [0.5, 0.6) is 5.75 Å². The number of aliphatic hydroxyl groups excluding tert-OH is 1. The van der Waals surface area contributed by atoms with E-state index in [1.807, 2.05) is 36.4 Å². The highest BCUT2D eigenvalue weighted by atomic mass is 16.5. The van der Waals surface area contributed by atoms with Crippen LogP contribution in [0.2, 0.25) is 0 Å². The predicted molar refractivity (Wildman–Crippen MR) is 70.9 cm³/mol. The number of amides is 1. The lowest BCUT2D eigenvalue weighted by atomic mass is 10.0. The highest BCUT2D eigenvalue weighted by Gasteiger charge is 2.33. The molecule has 1 aliphatic heterocycles. The number of ether oxygens (including phenoxy) is 1. The van der Waals surface area contributed by atoms with Gasteiger partial charge in [0, 0.05) is 0 Å². The number of anilines is 1. The second kappa shape index (κ2) is 4.74. The van der Waals surface area contributed by atoms with Crippen LogP contribution in [0.1, 0.15) is 11.7 Å². The topological polar surface area (TPSA) is 58.6 Å². The molecule has 96 valence electrons. The van der Waals surface area contributed by atoms with Gasteiger partial charge >= 0.3 is 0 Å². The first-order chi connectivity index (χ1) is 9.25. The van der Waals surface area contributed by atoms with Crippen molar-refractivity contribution < 1.29 is 14.6 Å². The Hall–Kier alpha value is -2.33. The van der Waals surface area contributed by atoms with Gasteiger partial charge < -0.3 is 15.2 Å². The Morgan fingerprint density at radius 3 is 2.47 bits per heavy atom. The van der Waals surface area contributed by atoms with E-state index < -0.39 is 18.1 Å². The van der Waals surface area contributed by atoms with Crippen molar-refractivity contribution in [3.63, 3.8) is 0 Å². The van der Waals surface area contributed by atoms with Gasteiger partial charge in [0.05, 0.1) is 5.69 Å². The zero-order valence-electron chi connectivity index (χ0n) is 10.1. The van der Waals surface area contributed by atoms with E-state index >= 15 is 0 Å². The molecule has 3 rings (SSSR count). The molecule has 0 spiro atoms. The zero-order chi connectivity index (χ0) is 13.2. The molecule has 1 aliphatic rings. The Labute approximate surface area is 110 Å². The molecule has 0 saturated carbocycles. The largest absolute Gasteiger partial charge is 0.480 e. The summed E-state index contributed by atoms with van der Waals surface area (Å²) >= 11 is 0. The van der Waals surface area contributed by atoms with E-state index in [1.165, 1.54) is 0 Å². The second-order valence-electron chi connectivity index (χ2n) is 4.38. The Bertz CT molecular complexity index is 597. The zero-order valence-corrected chi connectivity index (χ0v) is 10.1. The average molecular weight is 255 g/mol. The Morgan fingerprint density at radius 1 is 1.00 bits per heavy atom. The number of hydrogen-bond acceptors (Lipinski definition) is 3. The fourth-order valence-corrected chi connectivity index (χ4v) is 2.11. The first-order valence-electron chi connectivity index (χ1n) is 6.05. The molecule has 2 aromatic carbocycles. The van der Waals surface area contributed by atoms with Crippen molar-refractivity contribution in [2.24, 2.45) is 0 Å². The summed E-state index contributed by atoms with van der Waals surface area (Å²) in [5.74, 6) is 0.0973. The molecule has 1 amide bonds. The third kappa shape index (κ3) is 2.18. The van der Waals surface area contributed by atoms with Crippen LogP contribution in [-0.4, -0.2) is 17.1 Å². The number of rotatable bonds is 1. The van der Waals surface area contributed by atoms with Crippen molar-refractivity contribution in [2.45, 2.75) is 12.2 Å². The predicted octanol–water partition coefficient (Wildman–Crippen LogP) is 2.12. The van der Waals surface area contributed by atoms with E-state index in [9.17, 15) is 9.90 Å². The van der Waals surface area contributed by atoms with Gasteiger partial charge in [-0.05, 0) is 17.7 Å². The number of nitrogens with one attached hydrogen (secondary N) is 1. The normalized spacial score (nSPS) is 21.8. The molecule has 0 saturated heterocycles. The summed E-state index contributed by atoms with van der Waals surface area (Å²) in [6.45, 7) is 0. The molecule has 0 bridgehead atoms. The monoisotopic (exact) mass is 255 g/mol. The molecular weight excluding hydrogens is 242 g/mol. The van der Waals surface area contributed by atoms with Crippen LogP contribution < -0.4 is 10.1 Å². The lowest BCUT2D eigenvalue weighted by Gasteiger charge is -2.20. The minimum Gasteiger partial charge on any atom is -0.480 e. The number of fused-ring (bicyclic) bond motifs is 1. The SMILES string of the molecule is O=C1Nc2ccccc2O[C@H](c2ccccc2)[C@H]1O. The summed E-state index contributed by atoms with van der Waals surface area (Å²) in [4.78, 5) is 11.9. The number of carbonyl (C=O) groups is 1. The van der Waals surface area contributed by atoms with Crippen LogP contribution in [0, 0.1) is 0 Å². The van der Waals surface area contributed by atoms with Gasteiger partial charge in [0.15, 0.2) is 12.2 Å². The van der Waals surface area contributed by atoms with Gasteiger partial charge in [0.1, 0.15) is 5.75 Å². The highest BCUT2D eigenvalue weighted by molar-refractivity contribution is 5.96. The Kier molecular flexibility index (Phi) is 2.93. The molecule has 0 radical (unpaired) electrons. The lowest BCUT2D eigenvalue weighted by molar-refractivity contribution is -0.128. The van der Waals surface area contributed by atoms with Gasteiger partial charge in [-0.3, -0.25) is 4.79 Å². The van der Waals surface area contributed by atoms with E-state index in [0.29, 0.717) is 11.4 Å². The maximum absolute atomic E-state index is 11.9. The molecule has 0 aromatic heterocycles. The van der Waals surface area contributed by atoms with Crippen molar-refractivity contribution in [3.05, 3.63) is 60.2 Å². The minimum absolute atomic E-state index is 0.459. The highest BCUT2D eigenvalue weighted by Crippen LogP contribution is 2.34. The minimum atomic E-state index is -1.24. The smallest absolute Gasteiger partial charge is 0.257 e. The summed E-state index contributed by atoms with van der Waals surface area (Å²) in [6, 6.07) is 16.4. The van der Waals surface area contributed by atoms with Crippen molar-refractivity contribution in [2.75, 3.05) is 5.32 Å². The van der Waals surface area contributed by atoms with Gasteiger partial charge in [-0.15, -0.1) is 0 Å². The van der Waals surface area contributed by atoms with Gasteiger partial charge in [-0.25, -0.2) is 0 Å². The van der Waals surface area contributed by atoms with Crippen LogP contribution in [0.3, 0.4) is 0 Å². The van der Waals surface area contributed by atoms with Gasteiger partial charge in [0.25, 0.3) is 5.91 Å². The Morgan fingerprint density at radius 2 is 1.68 bits per heavy atom. The molecule has 1 heterocycles. The maximum atomic E-state index is 11.9. The van der Waals surface area contributed by atoms with E-state index in [1.54, 1.807) is 18.2 Å². The van der Waals surface area contributed by atoms with Gasteiger partial charge in [-0.2, -0.15) is 0 Å². The van der Waals surface area contributed by atoms with Gasteiger partial charge in [-0.1, -0.05) is 42.5 Å². The average Bonchev–Trinajstić information content (AvgIpc) is 2.58. The van der Waals surface area contributed by atoms with Crippen LogP contribution in [0.15, 0.2) is 54.6 Å². The van der Waals surface area contributed by atoms with E-state index in [0.717, 1.165) is 5.56 Å². The molecule has 4 heteroatoms. The summed E-state index contributed by atoms with van der Waals surface area (Å²) < 4.78 is 5.79. The van der Waals surface area contributed by atoms with Crippen LogP contribution in [-0.2, 0) is 4.79 Å². The molecule has 0 fully saturated rings. The summed E-state index contributed by atoms with van der Waals surface area (Å²) in [6.07, 6.45) is -1.94. The first-order valence-corrected chi connectivity index (χ1v) is 6.05. The fraction of sp³-hybridized carbons (Fsp3) is 0.133. The van der Waals surface area contributed by atoms with Gasteiger partial charge in [0.2, 0.25) is 0 Å². The fourth-order valence-electron chi connectivity index (χ4n) is 2.11. The number of para-hydroxylation sites is 2. The van der Waals surface area contributed by atoms with Crippen LogP contribution >= 0.6 is 0 Å². The maximum Gasteiger partial charge on any atom is 0.257 e. The number of aliphatic hydroxyl groups is 1. The number of hydrogen-bond donors (Lipinski definition) is 2. The molecule has 0 unspecified atom stereocenters. The van der Waals surface area contributed by atoms with Crippen molar-refractivity contribution in [3.8, 4) is 5.75 Å². The summed E-state index contributed by atoms with van der Waals surface area (Å²) in [5, 5.41) is 12.8.